The molecule has 1 N–H and O–H groups in total. The van der Waals surface area contributed by atoms with Gasteiger partial charge in [0.25, 0.3) is 0 Å². The average Bonchev–Trinajstić information content (AvgIpc) is 2.87. The van der Waals surface area contributed by atoms with E-state index in [2.05, 4.69) is 11.8 Å². The molecule has 1 aliphatic carbocycles. The van der Waals surface area contributed by atoms with Gasteiger partial charge in [0.05, 0.1) is 0 Å². The summed E-state index contributed by atoms with van der Waals surface area (Å²) in [5, 5.41) is 11.6. The third-order valence-electron chi connectivity index (χ3n) is 5.70. The van der Waals surface area contributed by atoms with Crippen LogP contribution in [0.1, 0.15) is 48.5 Å². The molecule has 0 aliphatic heterocycles. The minimum absolute atomic E-state index is 0.167. The largest absolute Gasteiger partial charge is 0.369 e. The van der Waals surface area contributed by atoms with E-state index in [1.54, 1.807) is 42.5 Å². The maximum atomic E-state index is 13.0. The summed E-state index contributed by atoms with van der Waals surface area (Å²) in [7, 11) is 0. The first-order chi connectivity index (χ1) is 15.6. The molecule has 4 aromatic carbocycles. The second-order valence-corrected chi connectivity index (χ2v) is 7.66. The average molecular weight is 414 g/mol. The van der Waals surface area contributed by atoms with Gasteiger partial charge in [0.15, 0.2) is 17.2 Å². The Labute approximate surface area is 186 Å². The first-order valence-electron chi connectivity index (χ1n) is 10.3. The van der Waals surface area contributed by atoms with E-state index in [4.69, 9.17) is 0 Å². The van der Waals surface area contributed by atoms with Crippen molar-refractivity contribution < 1.29 is 14.7 Å². The summed E-state index contributed by atoms with van der Waals surface area (Å²) >= 11 is 0. The molecular weight excluding hydrogens is 396 g/mol. The SMILES string of the molecule is O=C1c2ccccc2C(=O)c2cc(C#CC(O)(c3ccccc3)c3ccccc3)ccc21. The highest BCUT2D eigenvalue weighted by atomic mass is 16.3. The maximum Gasteiger partial charge on any atom is 0.194 e. The van der Waals surface area contributed by atoms with Gasteiger partial charge in [0.1, 0.15) is 0 Å². The Morgan fingerprint density at radius 1 is 0.562 bits per heavy atom. The molecule has 152 valence electrons. The molecule has 0 saturated carbocycles. The van der Waals surface area contributed by atoms with E-state index in [9.17, 15) is 14.7 Å². The van der Waals surface area contributed by atoms with Crippen LogP contribution in [0.2, 0.25) is 0 Å². The van der Waals surface area contributed by atoms with Crippen LogP contribution in [0.15, 0.2) is 103 Å². The van der Waals surface area contributed by atoms with Crippen LogP contribution in [-0.4, -0.2) is 16.7 Å². The molecule has 1 aliphatic rings. The van der Waals surface area contributed by atoms with Crippen LogP contribution in [0.3, 0.4) is 0 Å². The van der Waals surface area contributed by atoms with Gasteiger partial charge in [-0.05, 0) is 18.2 Å². The minimum Gasteiger partial charge on any atom is -0.369 e. The van der Waals surface area contributed by atoms with E-state index in [0.29, 0.717) is 38.9 Å². The lowest BCUT2D eigenvalue weighted by Gasteiger charge is -2.23. The molecular formula is C29H18O3. The number of aliphatic hydroxyl groups is 1. The van der Waals surface area contributed by atoms with Crippen LogP contribution in [0, 0.1) is 11.8 Å². The van der Waals surface area contributed by atoms with Gasteiger partial charge < -0.3 is 5.11 Å². The number of fused-ring (bicyclic) bond motifs is 2. The van der Waals surface area contributed by atoms with Crippen LogP contribution >= 0.6 is 0 Å². The lowest BCUT2D eigenvalue weighted by Crippen LogP contribution is -2.25. The number of carbonyl (C=O) groups excluding carboxylic acids is 2. The normalized spacial score (nSPS) is 12.4. The molecule has 0 heterocycles. The van der Waals surface area contributed by atoms with Crippen LogP contribution in [-0.2, 0) is 5.60 Å². The van der Waals surface area contributed by atoms with E-state index in [0.717, 1.165) is 0 Å². The highest BCUT2D eigenvalue weighted by Crippen LogP contribution is 2.30. The highest BCUT2D eigenvalue weighted by molar-refractivity contribution is 6.28. The molecule has 0 atom stereocenters. The number of hydrogen-bond donors (Lipinski definition) is 1. The molecule has 0 aromatic heterocycles. The van der Waals surface area contributed by atoms with Crippen LogP contribution in [0.5, 0.6) is 0 Å². The van der Waals surface area contributed by atoms with Gasteiger partial charge in [-0.25, -0.2) is 0 Å². The third-order valence-corrected chi connectivity index (χ3v) is 5.70. The standard InChI is InChI=1S/C29H18O3/c30-27-23-13-7-8-14-24(23)28(31)26-19-20(15-16-25(26)27)17-18-29(32,21-9-3-1-4-10-21)22-11-5-2-6-12-22/h1-16,19,32H. The van der Waals surface area contributed by atoms with Crippen LogP contribution < -0.4 is 0 Å². The van der Waals surface area contributed by atoms with E-state index in [1.807, 2.05) is 60.7 Å². The predicted octanol–water partition coefficient (Wildman–Crippen LogP) is 4.75. The van der Waals surface area contributed by atoms with Crippen molar-refractivity contribution in [1.82, 2.24) is 0 Å². The molecule has 3 nitrogen and oxygen atoms in total. The summed E-state index contributed by atoms with van der Waals surface area (Å²) in [5.74, 6) is 5.67. The van der Waals surface area contributed by atoms with Gasteiger partial charge in [0, 0.05) is 38.9 Å². The number of rotatable bonds is 2. The Kier molecular flexibility index (Phi) is 4.78. The van der Waals surface area contributed by atoms with Crippen molar-refractivity contribution in [2.24, 2.45) is 0 Å². The quantitative estimate of drug-likeness (QED) is 0.424. The second-order valence-electron chi connectivity index (χ2n) is 7.66. The van der Waals surface area contributed by atoms with E-state index in [-0.39, 0.29) is 11.6 Å². The summed E-state index contributed by atoms with van der Waals surface area (Å²) < 4.78 is 0. The zero-order valence-corrected chi connectivity index (χ0v) is 17.1. The van der Waals surface area contributed by atoms with Crippen molar-refractivity contribution in [1.29, 1.82) is 0 Å². The lowest BCUT2D eigenvalue weighted by atomic mass is 9.83. The zero-order chi connectivity index (χ0) is 22.1. The first kappa shape index (κ1) is 19.7. The molecule has 3 heteroatoms. The van der Waals surface area contributed by atoms with Crippen molar-refractivity contribution in [2.75, 3.05) is 0 Å². The summed E-state index contributed by atoms with van der Waals surface area (Å²) in [5.41, 5.74) is 1.86. The zero-order valence-electron chi connectivity index (χ0n) is 17.1. The summed E-state index contributed by atoms with van der Waals surface area (Å²) in [4.78, 5) is 25.8. The van der Waals surface area contributed by atoms with Gasteiger partial charge >= 0.3 is 0 Å². The van der Waals surface area contributed by atoms with E-state index >= 15 is 0 Å². The molecule has 0 spiro atoms. The van der Waals surface area contributed by atoms with E-state index < -0.39 is 5.60 Å². The van der Waals surface area contributed by atoms with Crippen molar-refractivity contribution in [3.63, 3.8) is 0 Å². The molecule has 0 amide bonds. The fourth-order valence-electron chi connectivity index (χ4n) is 4.01. The summed E-state index contributed by atoms with van der Waals surface area (Å²) in [6, 6.07) is 30.3. The monoisotopic (exact) mass is 414 g/mol. The summed E-state index contributed by atoms with van der Waals surface area (Å²) in [6.45, 7) is 0. The lowest BCUT2D eigenvalue weighted by molar-refractivity contribution is 0.0979. The topological polar surface area (TPSA) is 54.4 Å². The molecule has 0 saturated heterocycles. The molecule has 4 aromatic rings. The molecule has 32 heavy (non-hydrogen) atoms. The number of carbonyl (C=O) groups is 2. The predicted molar refractivity (Wildman–Crippen MR) is 123 cm³/mol. The van der Waals surface area contributed by atoms with Gasteiger partial charge in [-0.3, -0.25) is 9.59 Å². The number of ketones is 2. The second kappa shape index (κ2) is 7.77. The molecule has 5 rings (SSSR count). The van der Waals surface area contributed by atoms with Crippen LogP contribution in [0.25, 0.3) is 0 Å². The van der Waals surface area contributed by atoms with Crippen molar-refractivity contribution in [3.8, 4) is 11.8 Å². The summed E-state index contributed by atoms with van der Waals surface area (Å²) in [6.07, 6.45) is 0. The Morgan fingerprint density at radius 2 is 1.03 bits per heavy atom. The van der Waals surface area contributed by atoms with Gasteiger partial charge in [-0.15, -0.1) is 0 Å². The Balaban J connectivity index is 1.60. The molecule has 0 radical (unpaired) electrons. The fourth-order valence-corrected chi connectivity index (χ4v) is 4.01. The first-order valence-corrected chi connectivity index (χ1v) is 10.3. The fraction of sp³-hybridized carbons (Fsp3) is 0.0345. The van der Waals surface area contributed by atoms with Crippen LogP contribution in [0.4, 0.5) is 0 Å². The molecule has 0 fully saturated rings. The number of hydrogen-bond acceptors (Lipinski definition) is 3. The van der Waals surface area contributed by atoms with Gasteiger partial charge in [0.2, 0.25) is 0 Å². The van der Waals surface area contributed by atoms with Crippen molar-refractivity contribution >= 4 is 11.6 Å². The Bertz CT molecular complexity index is 1370. The molecule has 0 unspecified atom stereocenters. The molecule has 0 bridgehead atoms. The maximum absolute atomic E-state index is 13.0. The Hall–Kier alpha value is -4.26. The minimum atomic E-state index is -1.52. The highest BCUT2D eigenvalue weighted by Gasteiger charge is 2.30. The van der Waals surface area contributed by atoms with Gasteiger partial charge in [-0.2, -0.15) is 0 Å². The van der Waals surface area contributed by atoms with Crippen molar-refractivity contribution in [3.05, 3.63) is 142 Å². The van der Waals surface area contributed by atoms with Gasteiger partial charge in [-0.1, -0.05) is 96.8 Å². The Morgan fingerprint density at radius 3 is 1.59 bits per heavy atom. The number of benzene rings is 4. The smallest absolute Gasteiger partial charge is 0.194 e. The van der Waals surface area contributed by atoms with Crippen molar-refractivity contribution in [2.45, 2.75) is 5.60 Å². The third kappa shape index (κ3) is 3.24. The van der Waals surface area contributed by atoms with E-state index in [1.165, 1.54) is 0 Å².